The number of nitrogens with one attached hydrogen (secondary N) is 1. The van der Waals surface area contributed by atoms with E-state index in [9.17, 15) is 9.59 Å². The van der Waals surface area contributed by atoms with Crippen LogP contribution in [0.25, 0.3) is 0 Å². The number of tetrazole rings is 1. The maximum atomic E-state index is 12.2. The highest BCUT2D eigenvalue weighted by Gasteiger charge is 2.27. The van der Waals surface area contributed by atoms with Gasteiger partial charge in [-0.2, -0.15) is 0 Å². The maximum Gasteiger partial charge on any atom is 0.251 e. The zero-order valence-electron chi connectivity index (χ0n) is 13.0. The Morgan fingerprint density at radius 1 is 1.48 bits per heavy atom. The molecule has 0 fully saturated rings. The summed E-state index contributed by atoms with van der Waals surface area (Å²) in [6.45, 7) is 2.19. The van der Waals surface area contributed by atoms with Crippen LogP contribution in [-0.4, -0.2) is 32.0 Å². The molecule has 2 amide bonds. The van der Waals surface area contributed by atoms with E-state index in [1.807, 2.05) is 0 Å². The molecule has 1 atom stereocenters. The second kappa shape index (κ2) is 6.07. The van der Waals surface area contributed by atoms with Gasteiger partial charge in [0, 0.05) is 11.9 Å². The number of amides is 2. The molecule has 0 saturated carbocycles. The fourth-order valence-electron chi connectivity index (χ4n) is 2.81. The largest absolute Gasteiger partial charge is 0.365 e. The minimum Gasteiger partial charge on any atom is -0.365 e. The van der Waals surface area contributed by atoms with Crippen molar-refractivity contribution in [3.63, 3.8) is 0 Å². The van der Waals surface area contributed by atoms with Crippen LogP contribution in [0, 0.1) is 5.92 Å². The first-order valence-electron chi connectivity index (χ1n) is 7.41. The van der Waals surface area contributed by atoms with E-state index in [2.05, 4.69) is 27.8 Å². The first kappa shape index (κ1) is 15.6. The topological polar surface area (TPSA) is 116 Å². The summed E-state index contributed by atoms with van der Waals surface area (Å²) in [5.41, 5.74) is 6.99. The summed E-state index contributed by atoms with van der Waals surface area (Å²) in [5, 5.41) is 14.3. The van der Waals surface area contributed by atoms with E-state index >= 15 is 0 Å². The van der Waals surface area contributed by atoms with Crippen LogP contribution < -0.4 is 11.1 Å². The highest BCUT2D eigenvalue weighted by atomic mass is 32.1. The van der Waals surface area contributed by atoms with E-state index in [4.69, 9.17) is 5.73 Å². The van der Waals surface area contributed by atoms with Crippen LogP contribution in [0.2, 0.25) is 0 Å². The van der Waals surface area contributed by atoms with Gasteiger partial charge in [-0.15, -0.1) is 16.4 Å². The number of anilines is 1. The first-order chi connectivity index (χ1) is 11.0. The number of primary amides is 1. The lowest BCUT2D eigenvalue weighted by atomic mass is 9.88. The number of hydrogen-bond acceptors (Lipinski definition) is 6. The van der Waals surface area contributed by atoms with Crippen molar-refractivity contribution in [3.8, 4) is 0 Å². The molecule has 0 aliphatic heterocycles. The Bertz CT molecular complexity index is 765. The van der Waals surface area contributed by atoms with Crippen molar-refractivity contribution in [2.24, 2.45) is 18.7 Å². The molecule has 23 heavy (non-hydrogen) atoms. The first-order valence-corrected chi connectivity index (χ1v) is 8.22. The molecule has 2 aromatic heterocycles. The summed E-state index contributed by atoms with van der Waals surface area (Å²) in [6.07, 6.45) is 2.82. The Hall–Kier alpha value is -2.29. The summed E-state index contributed by atoms with van der Waals surface area (Å²) in [7, 11) is 1.67. The minimum atomic E-state index is -0.493. The van der Waals surface area contributed by atoms with Crippen LogP contribution in [0.15, 0.2) is 0 Å². The third-order valence-electron chi connectivity index (χ3n) is 4.04. The average molecular weight is 334 g/mol. The predicted molar refractivity (Wildman–Crippen MR) is 85.2 cm³/mol. The standard InChI is InChI=1S/C14H18N6O2S/c1-7-3-4-8-9(5-7)23-14(12(8)13(15)22)16-11(21)6-10-17-18-19-20(10)2/h7H,3-6H2,1-2H3,(H2,15,22)(H,16,21). The molecule has 1 aliphatic carbocycles. The fourth-order valence-corrected chi connectivity index (χ4v) is 4.24. The Kier molecular flexibility index (Phi) is 4.12. The molecule has 1 unspecified atom stereocenters. The van der Waals surface area contributed by atoms with Gasteiger partial charge >= 0.3 is 0 Å². The summed E-state index contributed by atoms with van der Waals surface area (Å²) < 4.78 is 1.44. The highest BCUT2D eigenvalue weighted by Crippen LogP contribution is 2.39. The van der Waals surface area contributed by atoms with E-state index in [0.29, 0.717) is 22.3 Å². The van der Waals surface area contributed by atoms with Crippen LogP contribution in [0.3, 0.4) is 0 Å². The zero-order valence-corrected chi connectivity index (χ0v) is 13.8. The monoisotopic (exact) mass is 334 g/mol. The summed E-state index contributed by atoms with van der Waals surface area (Å²) >= 11 is 1.45. The summed E-state index contributed by atoms with van der Waals surface area (Å²) in [5.74, 6) is 0.276. The maximum absolute atomic E-state index is 12.2. The number of fused-ring (bicyclic) bond motifs is 1. The summed E-state index contributed by atoms with van der Waals surface area (Å²) in [6, 6.07) is 0. The van der Waals surface area contributed by atoms with Gasteiger partial charge in [-0.05, 0) is 41.2 Å². The third kappa shape index (κ3) is 3.09. The molecule has 0 spiro atoms. The molecule has 1 aliphatic rings. The Morgan fingerprint density at radius 3 is 2.91 bits per heavy atom. The number of hydrogen-bond donors (Lipinski definition) is 2. The van der Waals surface area contributed by atoms with Gasteiger partial charge in [0.05, 0.1) is 12.0 Å². The predicted octanol–water partition coefficient (Wildman–Crippen LogP) is 0.676. The van der Waals surface area contributed by atoms with Crippen molar-refractivity contribution in [1.29, 1.82) is 0 Å². The smallest absolute Gasteiger partial charge is 0.251 e. The van der Waals surface area contributed by atoms with Crippen LogP contribution in [-0.2, 0) is 31.1 Å². The number of carbonyl (C=O) groups is 2. The van der Waals surface area contributed by atoms with Crippen molar-refractivity contribution >= 4 is 28.2 Å². The van der Waals surface area contributed by atoms with Gasteiger partial charge in [-0.1, -0.05) is 6.92 Å². The number of thiophene rings is 1. The molecule has 2 aromatic rings. The average Bonchev–Trinajstić information content (AvgIpc) is 3.02. The van der Waals surface area contributed by atoms with E-state index in [0.717, 1.165) is 29.7 Å². The lowest BCUT2D eigenvalue weighted by Crippen LogP contribution is -2.21. The Labute approximate surface area is 137 Å². The van der Waals surface area contributed by atoms with Gasteiger partial charge in [0.15, 0.2) is 5.82 Å². The lowest BCUT2D eigenvalue weighted by molar-refractivity contribution is -0.115. The molecule has 0 bridgehead atoms. The molecule has 0 saturated heterocycles. The third-order valence-corrected chi connectivity index (χ3v) is 5.21. The number of aryl methyl sites for hydroxylation is 1. The SMILES string of the molecule is CC1CCc2c(sc(NC(=O)Cc3nnnn3C)c2C(N)=O)C1. The molecule has 2 heterocycles. The van der Waals surface area contributed by atoms with Crippen LogP contribution in [0.5, 0.6) is 0 Å². The van der Waals surface area contributed by atoms with Crippen LogP contribution >= 0.6 is 11.3 Å². The van der Waals surface area contributed by atoms with Gasteiger partial charge < -0.3 is 11.1 Å². The Balaban J connectivity index is 1.83. The fraction of sp³-hybridized carbons (Fsp3) is 0.500. The van der Waals surface area contributed by atoms with Crippen molar-refractivity contribution in [3.05, 3.63) is 21.8 Å². The molecule has 0 aromatic carbocycles. The molecular weight excluding hydrogens is 316 g/mol. The van der Waals surface area contributed by atoms with Crippen LogP contribution in [0.1, 0.15) is 40.0 Å². The number of aromatic nitrogens is 4. The molecule has 8 nitrogen and oxygen atoms in total. The van der Waals surface area contributed by atoms with Gasteiger partial charge in [0.25, 0.3) is 5.91 Å². The normalized spacial score (nSPS) is 16.9. The lowest BCUT2D eigenvalue weighted by Gasteiger charge is -2.18. The van der Waals surface area contributed by atoms with Crippen LogP contribution in [0.4, 0.5) is 5.00 Å². The molecule has 0 radical (unpaired) electrons. The van der Waals surface area contributed by atoms with Crippen molar-refractivity contribution in [2.45, 2.75) is 32.6 Å². The van der Waals surface area contributed by atoms with E-state index in [-0.39, 0.29) is 12.3 Å². The van der Waals surface area contributed by atoms with Crippen molar-refractivity contribution in [1.82, 2.24) is 20.2 Å². The molecule has 3 N–H and O–H groups in total. The molecular formula is C14H18N6O2S. The van der Waals surface area contributed by atoms with E-state index in [1.54, 1.807) is 7.05 Å². The van der Waals surface area contributed by atoms with Gasteiger partial charge in [-0.25, -0.2) is 4.68 Å². The Morgan fingerprint density at radius 2 is 2.26 bits per heavy atom. The van der Waals surface area contributed by atoms with Gasteiger partial charge in [-0.3, -0.25) is 9.59 Å². The van der Waals surface area contributed by atoms with E-state index < -0.39 is 5.91 Å². The number of nitrogens with two attached hydrogens (primary N) is 1. The highest BCUT2D eigenvalue weighted by molar-refractivity contribution is 7.17. The summed E-state index contributed by atoms with van der Waals surface area (Å²) in [4.78, 5) is 25.2. The minimum absolute atomic E-state index is 0.0423. The van der Waals surface area contributed by atoms with Crippen molar-refractivity contribution < 1.29 is 9.59 Å². The molecule has 3 rings (SSSR count). The van der Waals surface area contributed by atoms with Gasteiger partial charge in [0.2, 0.25) is 5.91 Å². The zero-order chi connectivity index (χ0) is 16.6. The second-order valence-electron chi connectivity index (χ2n) is 5.86. The quantitative estimate of drug-likeness (QED) is 0.853. The second-order valence-corrected chi connectivity index (χ2v) is 6.97. The van der Waals surface area contributed by atoms with E-state index in [1.165, 1.54) is 16.0 Å². The molecule has 122 valence electrons. The number of rotatable bonds is 4. The van der Waals surface area contributed by atoms with Gasteiger partial charge in [0.1, 0.15) is 5.00 Å². The number of carbonyl (C=O) groups excluding carboxylic acids is 2. The van der Waals surface area contributed by atoms with Crippen molar-refractivity contribution in [2.75, 3.05) is 5.32 Å². The molecule has 9 heteroatoms. The number of nitrogens with zero attached hydrogens (tertiary/aromatic N) is 4.